The highest BCUT2D eigenvalue weighted by molar-refractivity contribution is 5.58. The zero-order chi connectivity index (χ0) is 15.6. The fourth-order valence-corrected chi connectivity index (χ4v) is 1.50. The Balaban J connectivity index is 2.39. The first-order chi connectivity index (χ1) is 9.79. The molecule has 0 amide bonds. The second kappa shape index (κ2) is 5.51. The molecular weight excluding hydrogens is 295 g/mol. The highest BCUT2D eigenvalue weighted by atomic mass is 19.4. The van der Waals surface area contributed by atoms with Gasteiger partial charge in [-0.2, -0.15) is 18.2 Å². The Morgan fingerprint density at radius 2 is 1.76 bits per heavy atom. The van der Waals surface area contributed by atoms with Crippen molar-refractivity contribution in [3.05, 3.63) is 41.6 Å². The monoisotopic (exact) mass is 304 g/mol. The van der Waals surface area contributed by atoms with E-state index >= 15 is 0 Å². The largest absolute Gasteiger partial charge is 0.433 e. The van der Waals surface area contributed by atoms with Crippen LogP contribution in [-0.2, 0) is 6.18 Å². The first kappa shape index (κ1) is 14.9. The van der Waals surface area contributed by atoms with Gasteiger partial charge in [0.25, 0.3) is 0 Å². The summed E-state index contributed by atoms with van der Waals surface area (Å²) in [4.78, 5) is 6.99. The average molecular weight is 304 g/mol. The first-order valence-corrected chi connectivity index (χ1v) is 5.65. The molecule has 2 rings (SSSR count). The number of nitrogens with zero attached hydrogens (tertiary/aromatic N) is 2. The number of halogens is 5. The molecule has 0 aliphatic carbocycles. The maximum absolute atomic E-state index is 13.5. The second-order valence-corrected chi connectivity index (χ2v) is 3.96. The van der Waals surface area contributed by atoms with Gasteiger partial charge in [-0.1, -0.05) is 0 Å². The van der Waals surface area contributed by atoms with Crippen LogP contribution < -0.4 is 10.6 Å². The molecular formula is C12H9F5N4. The summed E-state index contributed by atoms with van der Waals surface area (Å²) >= 11 is 0. The van der Waals surface area contributed by atoms with E-state index in [1.807, 2.05) is 0 Å². The molecule has 0 aliphatic heterocycles. The van der Waals surface area contributed by atoms with Gasteiger partial charge in [-0.25, -0.2) is 13.8 Å². The number of rotatable bonds is 3. The van der Waals surface area contributed by atoms with Gasteiger partial charge in [0.1, 0.15) is 17.5 Å². The van der Waals surface area contributed by atoms with Crippen molar-refractivity contribution in [1.29, 1.82) is 0 Å². The van der Waals surface area contributed by atoms with Crippen LogP contribution in [0.3, 0.4) is 0 Å². The van der Waals surface area contributed by atoms with Crippen molar-refractivity contribution in [3.63, 3.8) is 0 Å². The lowest BCUT2D eigenvalue weighted by Gasteiger charge is -2.12. The number of hydrogen-bond donors (Lipinski definition) is 2. The molecule has 1 aromatic carbocycles. The van der Waals surface area contributed by atoms with Crippen molar-refractivity contribution in [1.82, 2.24) is 9.97 Å². The second-order valence-electron chi connectivity index (χ2n) is 3.96. The lowest BCUT2D eigenvalue weighted by molar-refractivity contribution is -0.141. The Morgan fingerprint density at radius 1 is 1.05 bits per heavy atom. The third-order valence-electron chi connectivity index (χ3n) is 2.43. The predicted octanol–water partition coefficient (Wildman–Crippen LogP) is 3.56. The van der Waals surface area contributed by atoms with E-state index in [1.54, 1.807) is 0 Å². The van der Waals surface area contributed by atoms with Crippen molar-refractivity contribution in [2.75, 3.05) is 17.7 Å². The van der Waals surface area contributed by atoms with Crippen LogP contribution >= 0.6 is 0 Å². The lowest BCUT2D eigenvalue weighted by atomic mass is 10.3. The zero-order valence-corrected chi connectivity index (χ0v) is 10.6. The molecule has 0 fully saturated rings. The maximum Gasteiger partial charge on any atom is 0.433 e. The van der Waals surface area contributed by atoms with Crippen molar-refractivity contribution >= 4 is 17.5 Å². The summed E-state index contributed by atoms with van der Waals surface area (Å²) < 4.78 is 64.3. The summed E-state index contributed by atoms with van der Waals surface area (Å²) in [5.41, 5.74) is -1.39. The van der Waals surface area contributed by atoms with Crippen LogP contribution in [0.1, 0.15) is 5.69 Å². The SMILES string of the molecule is CNc1nc(Nc2ccc(F)cc2F)cc(C(F)(F)F)n1. The molecule has 0 atom stereocenters. The number of aromatic nitrogens is 2. The van der Waals surface area contributed by atoms with Gasteiger partial charge < -0.3 is 10.6 Å². The van der Waals surface area contributed by atoms with E-state index in [0.717, 1.165) is 12.1 Å². The van der Waals surface area contributed by atoms with Crippen LogP contribution in [0.4, 0.5) is 39.4 Å². The quantitative estimate of drug-likeness (QED) is 0.851. The molecule has 2 aromatic rings. The highest BCUT2D eigenvalue weighted by Crippen LogP contribution is 2.30. The van der Waals surface area contributed by atoms with E-state index in [4.69, 9.17) is 0 Å². The Bertz CT molecular complexity index is 657. The van der Waals surface area contributed by atoms with Crippen LogP contribution in [0.5, 0.6) is 0 Å². The molecule has 2 N–H and O–H groups in total. The smallest absolute Gasteiger partial charge is 0.357 e. The van der Waals surface area contributed by atoms with Crippen LogP contribution in [0.25, 0.3) is 0 Å². The molecule has 0 spiro atoms. The minimum atomic E-state index is -4.67. The number of alkyl halides is 3. The molecule has 0 aliphatic rings. The van der Waals surface area contributed by atoms with Crippen LogP contribution in [-0.4, -0.2) is 17.0 Å². The molecule has 0 unspecified atom stereocenters. The van der Waals surface area contributed by atoms with Crippen molar-refractivity contribution in [3.8, 4) is 0 Å². The maximum atomic E-state index is 13.5. The molecule has 1 aromatic heterocycles. The minimum absolute atomic E-state index is 0.203. The van der Waals surface area contributed by atoms with Gasteiger partial charge in [0.2, 0.25) is 5.95 Å². The fourth-order valence-electron chi connectivity index (χ4n) is 1.50. The summed E-state index contributed by atoms with van der Waals surface area (Å²) in [5.74, 6) is -2.30. The normalized spacial score (nSPS) is 11.3. The predicted molar refractivity (Wildman–Crippen MR) is 66.2 cm³/mol. The van der Waals surface area contributed by atoms with E-state index in [9.17, 15) is 22.0 Å². The summed E-state index contributed by atoms with van der Waals surface area (Å²) in [6, 6.07) is 3.26. The molecule has 4 nitrogen and oxygen atoms in total. The van der Waals surface area contributed by atoms with Gasteiger partial charge in [0.05, 0.1) is 5.69 Å². The summed E-state index contributed by atoms with van der Waals surface area (Å²) in [7, 11) is 1.34. The fraction of sp³-hybridized carbons (Fsp3) is 0.167. The molecule has 9 heteroatoms. The van der Waals surface area contributed by atoms with Crippen molar-refractivity contribution in [2.45, 2.75) is 6.18 Å². The third kappa shape index (κ3) is 3.56. The highest BCUT2D eigenvalue weighted by Gasteiger charge is 2.33. The topological polar surface area (TPSA) is 49.8 Å². The van der Waals surface area contributed by atoms with Gasteiger partial charge in [0, 0.05) is 19.2 Å². The summed E-state index contributed by atoms with van der Waals surface area (Å²) in [6.45, 7) is 0. The van der Waals surface area contributed by atoms with Crippen LogP contribution in [0, 0.1) is 11.6 Å². The van der Waals surface area contributed by atoms with E-state index < -0.39 is 23.5 Å². The first-order valence-electron chi connectivity index (χ1n) is 5.65. The summed E-state index contributed by atoms with van der Waals surface area (Å²) in [6.07, 6.45) is -4.67. The van der Waals surface area contributed by atoms with Gasteiger partial charge in [-0.3, -0.25) is 0 Å². The van der Waals surface area contributed by atoms with E-state index in [0.29, 0.717) is 12.1 Å². The molecule has 0 saturated heterocycles. The Hall–Kier alpha value is -2.45. The van der Waals surface area contributed by atoms with Crippen LogP contribution in [0.2, 0.25) is 0 Å². The average Bonchev–Trinajstić information content (AvgIpc) is 2.40. The molecule has 0 saturated carbocycles. The Morgan fingerprint density at radius 3 is 2.33 bits per heavy atom. The lowest BCUT2D eigenvalue weighted by Crippen LogP contribution is -2.12. The number of benzene rings is 1. The number of anilines is 3. The molecule has 0 radical (unpaired) electrons. The molecule has 112 valence electrons. The Labute approximate surface area is 116 Å². The van der Waals surface area contributed by atoms with E-state index in [2.05, 4.69) is 20.6 Å². The molecule has 21 heavy (non-hydrogen) atoms. The van der Waals surface area contributed by atoms with Gasteiger partial charge >= 0.3 is 6.18 Å². The van der Waals surface area contributed by atoms with Crippen molar-refractivity contribution in [2.24, 2.45) is 0 Å². The summed E-state index contributed by atoms with van der Waals surface area (Å²) in [5, 5.41) is 4.73. The zero-order valence-electron chi connectivity index (χ0n) is 10.6. The molecule has 0 bridgehead atoms. The van der Waals surface area contributed by atoms with Gasteiger partial charge in [-0.15, -0.1) is 0 Å². The van der Waals surface area contributed by atoms with Crippen LogP contribution in [0.15, 0.2) is 24.3 Å². The van der Waals surface area contributed by atoms with E-state index in [1.165, 1.54) is 7.05 Å². The standard InChI is InChI=1S/C12H9F5N4/c1-18-11-20-9(12(15,16)17)5-10(21-11)19-8-3-2-6(13)4-7(8)14/h2-5H,1H3,(H2,18,19,20,21). The van der Waals surface area contributed by atoms with Gasteiger partial charge in [0.15, 0.2) is 5.69 Å². The third-order valence-corrected chi connectivity index (χ3v) is 2.43. The minimum Gasteiger partial charge on any atom is -0.357 e. The Kier molecular flexibility index (Phi) is 3.92. The number of hydrogen-bond acceptors (Lipinski definition) is 4. The van der Waals surface area contributed by atoms with E-state index in [-0.39, 0.29) is 17.5 Å². The van der Waals surface area contributed by atoms with Gasteiger partial charge in [-0.05, 0) is 12.1 Å². The molecule has 1 heterocycles. The van der Waals surface area contributed by atoms with Crippen molar-refractivity contribution < 1.29 is 22.0 Å². The number of nitrogens with one attached hydrogen (secondary N) is 2.